The molecular weight excluding hydrogens is 621 g/mol. The Bertz CT molecular complexity index is 3130. The van der Waals surface area contributed by atoms with Crippen molar-refractivity contribution in [2.75, 3.05) is 0 Å². The van der Waals surface area contributed by atoms with Crippen molar-refractivity contribution in [1.29, 1.82) is 0 Å². The van der Waals surface area contributed by atoms with Gasteiger partial charge in [-0.05, 0) is 95.1 Å². The first kappa shape index (κ1) is 28.0. The van der Waals surface area contributed by atoms with E-state index in [2.05, 4.69) is 185 Å². The molecular formula is C48H30N2O. The third-order valence-corrected chi connectivity index (χ3v) is 10.5. The summed E-state index contributed by atoms with van der Waals surface area (Å²) in [4.78, 5) is 0. The summed E-state index contributed by atoms with van der Waals surface area (Å²) in [6.07, 6.45) is 0. The molecule has 8 aromatic carbocycles. The molecule has 0 saturated heterocycles. The normalized spacial score (nSPS) is 11.9. The molecule has 0 aliphatic carbocycles. The fourth-order valence-corrected chi connectivity index (χ4v) is 8.15. The number of hydrogen-bond acceptors (Lipinski definition) is 1. The van der Waals surface area contributed by atoms with E-state index in [-0.39, 0.29) is 0 Å². The average molecular weight is 651 g/mol. The minimum Gasteiger partial charge on any atom is -0.456 e. The number of para-hydroxylation sites is 3. The molecule has 3 heterocycles. The van der Waals surface area contributed by atoms with Gasteiger partial charge in [-0.1, -0.05) is 103 Å². The zero-order chi connectivity index (χ0) is 33.5. The Labute approximate surface area is 293 Å². The van der Waals surface area contributed by atoms with Crippen molar-refractivity contribution in [2.24, 2.45) is 0 Å². The average Bonchev–Trinajstić information content (AvgIpc) is 3.85. The van der Waals surface area contributed by atoms with Gasteiger partial charge < -0.3 is 13.6 Å². The van der Waals surface area contributed by atoms with Gasteiger partial charge in [-0.25, -0.2) is 0 Å². The maximum Gasteiger partial charge on any atom is 0.137 e. The minimum absolute atomic E-state index is 0.887. The van der Waals surface area contributed by atoms with Gasteiger partial charge in [0.1, 0.15) is 11.2 Å². The summed E-state index contributed by atoms with van der Waals surface area (Å²) < 4.78 is 11.3. The number of hydrogen-bond donors (Lipinski definition) is 0. The van der Waals surface area contributed by atoms with Crippen molar-refractivity contribution in [2.45, 2.75) is 0 Å². The third-order valence-electron chi connectivity index (χ3n) is 10.5. The minimum atomic E-state index is 0.887. The van der Waals surface area contributed by atoms with Crippen molar-refractivity contribution in [1.82, 2.24) is 9.13 Å². The van der Waals surface area contributed by atoms with Crippen LogP contribution in [0.2, 0.25) is 0 Å². The predicted octanol–water partition coefficient (Wildman–Crippen LogP) is 13.1. The van der Waals surface area contributed by atoms with Gasteiger partial charge >= 0.3 is 0 Å². The highest BCUT2D eigenvalue weighted by atomic mass is 16.3. The molecule has 0 atom stereocenters. The van der Waals surface area contributed by atoms with E-state index in [4.69, 9.17) is 4.42 Å². The van der Waals surface area contributed by atoms with E-state index in [1.54, 1.807) is 0 Å². The van der Waals surface area contributed by atoms with E-state index >= 15 is 0 Å². The summed E-state index contributed by atoms with van der Waals surface area (Å²) >= 11 is 0. The van der Waals surface area contributed by atoms with Crippen molar-refractivity contribution in [3.63, 3.8) is 0 Å². The first-order chi connectivity index (χ1) is 25.3. The Balaban J connectivity index is 1.06. The van der Waals surface area contributed by atoms with Crippen LogP contribution in [0.5, 0.6) is 0 Å². The van der Waals surface area contributed by atoms with Gasteiger partial charge in [0.15, 0.2) is 0 Å². The number of rotatable bonds is 4. The fraction of sp³-hybridized carbons (Fsp3) is 0. The van der Waals surface area contributed by atoms with Crippen molar-refractivity contribution in [3.05, 3.63) is 182 Å². The maximum absolute atomic E-state index is 6.53. The van der Waals surface area contributed by atoms with Gasteiger partial charge in [-0.2, -0.15) is 0 Å². The highest BCUT2D eigenvalue weighted by Crippen LogP contribution is 2.39. The summed E-state index contributed by atoms with van der Waals surface area (Å²) in [7, 11) is 0. The van der Waals surface area contributed by atoms with Gasteiger partial charge in [-0.3, -0.25) is 0 Å². The van der Waals surface area contributed by atoms with E-state index in [9.17, 15) is 0 Å². The van der Waals surface area contributed by atoms with Crippen LogP contribution >= 0.6 is 0 Å². The molecule has 0 N–H and O–H groups in total. The highest BCUT2D eigenvalue weighted by molar-refractivity contribution is 6.13. The van der Waals surface area contributed by atoms with Crippen LogP contribution in [0.3, 0.4) is 0 Å². The first-order valence-corrected chi connectivity index (χ1v) is 17.4. The Kier molecular flexibility index (Phi) is 5.96. The summed E-state index contributed by atoms with van der Waals surface area (Å²) in [6, 6.07) is 65.4. The molecule has 51 heavy (non-hydrogen) atoms. The van der Waals surface area contributed by atoms with Crippen molar-refractivity contribution >= 4 is 65.6 Å². The van der Waals surface area contributed by atoms with Crippen LogP contribution in [0.4, 0.5) is 0 Å². The second-order valence-corrected chi connectivity index (χ2v) is 13.4. The van der Waals surface area contributed by atoms with Crippen LogP contribution < -0.4 is 0 Å². The topological polar surface area (TPSA) is 23.0 Å². The Morgan fingerprint density at radius 2 is 0.745 bits per heavy atom. The number of furan rings is 1. The largest absolute Gasteiger partial charge is 0.456 e. The first-order valence-electron chi connectivity index (χ1n) is 17.4. The van der Waals surface area contributed by atoms with E-state index in [1.165, 1.54) is 66.0 Å². The predicted molar refractivity (Wildman–Crippen MR) is 213 cm³/mol. The number of fused-ring (bicyclic) bond motifs is 9. The monoisotopic (exact) mass is 650 g/mol. The molecule has 238 valence electrons. The van der Waals surface area contributed by atoms with E-state index < -0.39 is 0 Å². The van der Waals surface area contributed by atoms with Crippen molar-refractivity contribution in [3.8, 4) is 33.6 Å². The van der Waals surface area contributed by atoms with Gasteiger partial charge in [0.2, 0.25) is 0 Å². The summed E-state index contributed by atoms with van der Waals surface area (Å²) in [5.41, 5.74) is 13.6. The van der Waals surface area contributed by atoms with Gasteiger partial charge in [0, 0.05) is 49.8 Å². The summed E-state index contributed by atoms with van der Waals surface area (Å²) in [6.45, 7) is 0. The SMILES string of the molecule is c1ccc(-c2ccc3c(c2)oc2cc(-n4c5ccccc5c5cc(-c6ccc7c(c6)c6ccccc6n7-c6ccccc6)ccc54)ccc23)cc1. The number of nitrogens with zero attached hydrogens (tertiary/aromatic N) is 2. The van der Waals surface area contributed by atoms with Crippen LogP contribution in [0.25, 0.3) is 99.2 Å². The molecule has 0 aliphatic rings. The van der Waals surface area contributed by atoms with E-state index in [1.807, 2.05) is 6.07 Å². The van der Waals surface area contributed by atoms with Crippen LogP contribution in [-0.2, 0) is 0 Å². The standard InChI is InChI=1S/C48H30N2O/c1-3-11-31(12-4-1)34-19-23-39-40-24-22-36(30-48(40)51-47(39)29-34)50-44-18-10-8-16-38(44)42-28-33(21-26-46(42)50)32-20-25-45-41(27-32)37-15-7-9-17-43(37)49(45)35-13-5-2-6-14-35/h1-30H. The maximum atomic E-state index is 6.53. The molecule has 0 radical (unpaired) electrons. The van der Waals surface area contributed by atoms with Crippen LogP contribution in [0.15, 0.2) is 186 Å². The lowest BCUT2D eigenvalue weighted by molar-refractivity contribution is 0.669. The summed E-state index contributed by atoms with van der Waals surface area (Å²) in [5.74, 6) is 0. The molecule has 0 aliphatic heterocycles. The molecule has 11 aromatic rings. The third kappa shape index (κ3) is 4.25. The summed E-state index contributed by atoms with van der Waals surface area (Å²) in [5, 5.41) is 7.23. The quantitative estimate of drug-likeness (QED) is 0.186. The van der Waals surface area contributed by atoms with Gasteiger partial charge in [0.25, 0.3) is 0 Å². The Morgan fingerprint density at radius 1 is 0.275 bits per heavy atom. The second-order valence-electron chi connectivity index (χ2n) is 13.4. The lowest BCUT2D eigenvalue weighted by atomic mass is 10.0. The van der Waals surface area contributed by atoms with Gasteiger partial charge in [-0.15, -0.1) is 0 Å². The number of benzene rings is 8. The molecule has 0 bridgehead atoms. The fourth-order valence-electron chi connectivity index (χ4n) is 8.15. The lowest BCUT2D eigenvalue weighted by Crippen LogP contribution is -1.93. The van der Waals surface area contributed by atoms with E-state index in [0.29, 0.717) is 0 Å². The molecule has 0 saturated carbocycles. The van der Waals surface area contributed by atoms with Crippen LogP contribution in [0, 0.1) is 0 Å². The lowest BCUT2D eigenvalue weighted by Gasteiger charge is -2.09. The molecule has 0 unspecified atom stereocenters. The highest BCUT2D eigenvalue weighted by Gasteiger charge is 2.17. The molecule has 0 fully saturated rings. The Hall–Kier alpha value is -6.84. The molecule has 3 nitrogen and oxygen atoms in total. The zero-order valence-electron chi connectivity index (χ0n) is 27.6. The van der Waals surface area contributed by atoms with Crippen LogP contribution in [-0.4, -0.2) is 9.13 Å². The Morgan fingerprint density at radius 3 is 1.39 bits per heavy atom. The van der Waals surface area contributed by atoms with Crippen LogP contribution in [0.1, 0.15) is 0 Å². The molecule has 3 aromatic heterocycles. The van der Waals surface area contributed by atoms with E-state index in [0.717, 1.165) is 33.2 Å². The second kappa shape index (κ2) is 10.8. The zero-order valence-corrected chi connectivity index (χ0v) is 27.6. The molecule has 11 rings (SSSR count). The number of aromatic nitrogens is 2. The molecule has 0 amide bonds. The molecule has 3 heteroatoms. The molecule has 0 spiro atoms. The smallest absolute Gasteiger partial charge is 0.137 e. The van der Waals surface area contributed by atoms with Crippen molar-refractivity contribution < 1.29 is 4.42 Å². The van der Waals surface area contributed by atoms with Gasteiger partial charge in [0.05, 0.1) is 22.1 Å².